The number of methoxy groups -OCH3 is 1. The number of sulfonamides is 1. The third-order valence-corrected chi connectivity index (χ3v) is 6.77. The summed E-state index contributed by atoms with van der Waals surface area (Å²) < 4.78 is 34.4. The summed E-state index contributed by atoms with van der Waals surface area (Å²) in [5, 5.41) is 6.66. The highest BCUT2D eigenvalue weighted by atomic mass is 79.9. The van der Waals surface area contributed by atoms with Crippen LogP contribution in [0.2, 0.25) is 0 Å². The summed E-state index contributed by atoms with van der Waals surface area (Å²) in [6.45, 7) is 4.23. The van der Waals surface area contributed by atoms with E-state index in [-0.39, 0.29) is 4.90 Å². The second kappa shape index (κ2) is 10.3. The Morgan fingerprint density at radius 3 is 2.28 bits per heavy atom. The maximum atomic E-state index is 12.8. The summed E-state index contributed by atoms with van der Waals surface area (Å²) in [5.74, 6) is 0.684. The fourth-order valence-corrected chi connectivity index (χ4v) is 4.62. The van der Waals surface area contributed by atoms with Crippen LogP contribution in [0, 0.1) is 0 Å². The van der Waals surface area contributed by atoms with E-state index in [2.05, 4.69) is 45.1 Å². The molecule has 0 aliphatic rings. The van der Waals surface area contributed by atoms with E-state index >= 15 is 0 Å². The summed E-state index contributed by atoms with van der Waals surface area (Å²) in [6, 6.07) is 19.4. The Morgan fingerprint density at radius 2 is 1.62 bits per heavy atom. The van der Waals surface area contributed by atoms with Crippen LogP contribution in [-0.2, 0) is 10.0 Å². The van der Waals surface area contributed by atoms with Crippen molar-refractivity contribution in [3.05, 3.63) is 76.8 Å². The molecule has 0 saturated heterocycles. The van der Waals surface area contributed by atoms with Gasteiger partial charge < -0.3 is 15.4 Å². The Labute approximate surface area is 202 Å². The topological polar surface area (TPSA) is 79.5 Å². The number of nitrogens with one attached hydrogen (secondary N) is 3. The average molecular weight is 535 g/mol. The lowest BCUT2D eigenvalue weighted by Crippen LogP contribution is -2.20. The minimum Gasteiger partial charge on any atom is -0.495 e. The van der Waals surface area contributed by atoms with Crippen LogP contribution in [0.25, 0.3) is 0 Å². The van der Waals surface area contributed by atoms with Gasteiger partial charge in [-0.25, -0.2) is 8.42 Å². The standard InChI is InChI=1S/C23H24BrN3O3S2/c1-15(2)19-6-4-5-7-20(19)25-23(31)26-21-13-12-18(14-22(21)30-3)32(28,29)27-17-10-8-16(24)9-11-17/h4-15,27H,1-3H3,(H2,25,26,31). The van der Waals surface area contributed by atoms with E-state index in [9.17, 15) is 8.42 Å². The predicted molar refractivity (Wildman–Crippen MR) is 138 cm³/mol. The Morgan fingerprint density at radius 1 is 0.969 bits per heavy atom. The minimum absolute atomic E-state index is 0.0758. The molecule has 32 heavy (non-hydrogen) atoms. The van der Waals surface area contributed by atoms with Crippen molar-refractivity contribution in [2.24, 2.45) is 0 Å². The zero-order valence-electron chi connectivity index (χ0n) is 17.8. The molecule has 0 aromatic heterocycles. The van der Waals surface area contributed by atoms with E-state index in [0.717, 1.165) is 15.7 Å². The Bertz CT molecular complexity index is 1210. The number of rotatable bonds is 7. The predicted octanol–water partition coefficient (Wildman–Crippen LogP) is 6.19. The molecule has 6 nitrogen and oxygen atoms in total. The molecule has 0 bridgehead atoms. The maximum Gasteiger partial charge on any atom is 0.262 e. The zero-order chi connectivity index (χ0) is 23.3. The smallest absolute Gasteiger partial charge is 0.262 e. The van der Waals surface area contributed by atoms with Gasteiger partial charge in [-0.15, -0.1) is 0 Å². The number of halogens is 1. The number of thiocarbonyl (C=S) groups is 1. The molecule has 0 saturated carbocycles. The van der Waals surface area contributed by atoms with E-state index in [1.165, 1.54) is 19.2 Å². The fourth-order valence-electron chi connectivity index (χ4n) is 3.06. The van der Waals surface area contributed by atoms with Crippen LogP contribution < -0.4 is 20.1 Å². The monoisotopic (exact) mass is 533 g/mol. The second-order valence-corrected chi connectivity index (χ2v) is 10.3. The van der Waals surface area contributed by atoms with Crippen LogP contribution in [0.5, 0.6) is 5.75 Å². The van der Waals surface area contributed by atoms with Gasteiger partial charge in [0.05, 0.1) is 17.7 Å². The third-order valence-electron chi connectivity index (χ3n) is 4.66. The molecule has 0 aliphatic carbocycles. The summed E-state index contributed by atoms with van der Waals surface area (Å²) in [5.41, 5.74) is 3.07. The molecule has 3 N–H and O–H groups in total. The molecule has 0 aliphatic heterocycles. The van der Waals surface area contributed by atoms with Gasteiger partial charge in [0.15, 0.2) is 5.11 Å². The molecule has 3 aromatic carbocycles. The maximum absolute atomic E-state index is 12.8. The van der Waals surface area contributed by atoms with Crippen molar-refractivity contribution in [1.82, 2.24) is 0 Å². The molecule has 0 unspecified atom stereocenters. The molecular weight excluding hydrogens is 510 g/mol. The van der Waals surface area contributed by atoms with E-state index in [4.69, 9.17) is 17.0 Å². The SMILES string of the molecule is COc1cc(S(=O)(=O)Nc2ccc(Br)cc2)ccc1NC(=S)Nc1ccccc1C(C)C. The molecule has 3 aromatic rings. The van der Waals surface area contributed by atoms with Crippen LogP contribution in [0.15, 0.2) is 76.1 Å². The van der Waals surface area contributed by atoms with E-state index in [0.29, 0.717) is 28.2 Å². The van der Waals surface area contributed by atoms with Crippen LogP contribution in [0.3, 0.4) is 0 Å². The largest absolute Gasteiger partial charge is 0.495 e. The van der Waals surface area contributed by atoms with E-state index < -0.39 is 10.0 Å². The minimum atomic E-state index is -3.79. The molecule has 168 valence electrons. The third kappa shape index (κ3) is 5.99. The first-order chi connectivity index (χ1) is 15.2. The molecule has 0 amide bonds. The highest BCUT2D eigenvalue weighted by Crippen LogP contribution is 2.30. The van der Waals surface area contributed by atoms with Gasteiger partial charge in [0.1, 0.15) is 5.75 Å². The summed E-state index contributed by atoms with van der Waals surface area (Å²) in [6.07, 6.45) is 0. The first-order valence-corrected chi connectivity index (χ1v) is 12.5. The number of ether oxygens (including phenoxy) is 1. The number of para-hydroxylation sites is 1. The first-order valence-electron chi connectivity index (χ1n) is 9.83. The highest BCUT2D eigenvalue weighted by molar-refractivity contribution is 9.10. The van der Waals surface area contributed by atoms with E-state index in [1.54, 1.807) is 30.3 Å². The lowest BCUT2D eigenvalue weighted by molar-refractivity contribution is 0.415. The molecular formula is C23H24BrN3O3S2. The van der Waals surface area contributed by atoms with Crippen molar-refractivity contribution in [3.63, 3.8) is 0 Å². The molecule has 9 heteroatoms. The Balaban J connectivity index is 1.78. The fraction of sp³-hybridized carbons (Fsp3) is 0.174. The average Bonchev–Trinajstić information content (AvgIpc) is 2.75. The van der Waals surface area contributed by atoms with Crippen molar-refractivity contribution < 1.29 is 13.2 Å². The lowest BCUT2D eigenvalue weighted by atomic mass is 10.0. The normalized spacial score (nSPS) is 11.2. The Kier molecular flexibility index (Phi) is 7.76. The van der Waals surface area contributed by atoms with Crippen LogP contribution in [0.4, 0.5) is 17.1 Å². The van der Waals surface area contributed by atoms with Gasteiger partial charge in [-0.2, -0.15) is 0 Å². The highest BCUT2D eigenvalue weighted by Gasteiger charge is 2.18. The van der Waals surface area contributed by atoms with E-state index in [1.807, 2.05) is 24.3 Å². The van der Waals surface area contributed by atoms with Gasteiger partial charge >= 0.3 is 0 Å². The second-order valence-electron chi connectivity index (χ2n) is 7.30. The Hall–Kier alpha value is -2.62. The van der Waals surface area contributed by atoms with Gasteiger partial charge in [0.25, 0.3) is 10.0 Å². The zero-order valence-corrected chi connectivity index (χ0v) is 21.1. The van der Waals surface area contributed by atoms with Crippen molar-refractivity contribution >= 4 is 60.3 Å². The number of anilines is 3. The van der Waals surface area contributed by atoms with Crippen LogP contribution >= 0.6 is 28.1 Å². The first kappa shape index (κ1) is 24.0. The lowest BCUT2D eigenvalue weighted by Gasteiger charge is -2.17. The summed E-state index contributed by atoms with van der Waals surface area (Å²) >= 11 is 8.79. The van der Waals surface area contributed by atoms with Gasteiger partial charge in [-0.3, -0.25) is 4.72 Å². The van der Waals surface area contributed by atoms with Crippen LogP contribution in [-0.4, -0.2) is 20.6 Å². The molecule has 3 rings (SSSR count). The number of hydrogen-bond acceptors (Lipinski definition) is 4. The van der Waals surface area contributed by atoms with Crippen LogP contribution in [0.1, 0.15) is 25.3 Å². The van der Waals surface area contributed by atoms with Gasteiger partial charge in [0, 0.05) is 21.9 Å². The van der Waals surface area contributed by atoms with Crippen molar-refractivity contribution in [3.8, 4) is 5.75 Å². The molecule has 0 fully saturated rings. The molecule has 0 spiro atoms. The summed E-state index contributed by atoms with van der Waals surface area (Å²) in [4.78, 5) is 0.0758. The van der Waals surface area contributed by atoms with Gasteiger partial charge in [0.2, 0.25) is 0 Å². The van der Waals surface area contributed by atoms with Crippen molar-refractivity contribution in [2.75, 3.05) is 22.5 Å². The summed E-state index contributed by atoms with van der Waals surface area (Å²) in [7, 11) is -2.31. The van der Waals surface area contributed by atoms with Gasteiger partial charge in [-0.05, 0) is 66.2 Å². The molecule has 0 heterocycles. The number of benzene rings is 3. The quantitative estimate of drug-likeness (QED) is 0.314. The van der Waals surface area contributed by atoms with Crippen molar-refractivity contribution in [2.45, 2.75) is 24.7 Å². The van der Waals surface area contributed by atoms with Gasteiger partial charge in [-0.1, -0.05) is 48.0 Å². The molecule has 0 radical (unpaired) electrons. The molecule has 0 atom stereocenters. The number of hydrogen-bond donors (Lipinski definition) is 3. The van der Waals surface area contributed by atoms with Crippen molar-refractivity contribution in [1.29, 1.82) is 0 Å².